The van der Waals surface area contributed by atoms with Gasteiger partial charge in [0.2, 0.25) is 5.91 Å². The lowest BCUT2D eigenvalue weighted by molar-refractivity contribution is -0.127. The van der Waals surface area contributed by atoms with Crippen LogP contribution in [0.1, 0.15) is 36.7 Å². The molecule has 4 rings (SSSR count). The van der Waals surface area contributed by atoms with Crippen LogP contribution in [0.3, 0.4) is 0 Å². The molecule has 2 aromatic carbocycles. The molecule has 25 heavy (non-hydrogen) atoms. The number of aryl methyl sites for hydroxylation is 1. The lowest BCUT2D eigenvalue weighted by atomic mass is 9.70. The number of hydrogen-bond acceptors (Lipinski definition) is 2. The number of imidazole rings is 1. The summed E-state index contributed by atoms with van der Waals surface area (Å²) in [5.41, 5.74) is 3.18. The van der Waals surface area contributed by atoms with Gasteiger partial charge in [0.25, 0.3) is 0 Å². The molecule has 1 aliphatic rings. The van der Waals surface area contributed by atoms with Crippen molar-refractivity contribution in [2.45, 2.75) is 38.1 Å². The van der Waals surface area contributed by atoms with Gasteiger partial charge in [-0.05, 0) is 55.5 Å². The average Bonchev–Trinajstić information content (AvgIpc) is 3.02. The largest absolute Gasteiger partial charge is 0.348 e. The van der Waals surface area contributed by atoms with Gasteiger partial charge in [0.05, 0.1) is 23.0 Å². The van der Waals surface area contributed by atoms with Crippen molar-refractivity contribution in [3.8, 4) is 0 Å². The van der Waals surface area contributed by atoms with E-state index in [1.54, 1.807) is 6.07 Å². The fourth-order valence-electron chi connectivity index (χ4n) is 3.76. The molecule has 0 aliphatic heterocycles. The second-order valence-electron chi connectivity index (χ2n) is 6.87. The Kier molecular flexibility index (Phi) is 3.79. The minimum absolute atomic E-state index is 0.00582. The van der Waals surface area contributed by atoms with E-state index in [-0.39, 0.29) is 11.7 Å². The van der Waals surface area contributed by atoms with E-state index in [4.69, 9.17) is 0 Å². The number of benzene rings is 2. The summed E-state index contributed by atoms with van der Waals surface area (Å²) in [5.74, 6) is 0.325. The van der Waals surface area contributed by atoms with Crippen molar-refractivity contribution in [2.75, 3.05) is 0 Å². The second kappa shape index (κ2) is 5.99. The standard InChI is InChI=1S/C20H20FN3O/c1-20(10-4-6-13-5-2-3-7-15(13)20)19(25)22-12-18-23-16-9-8-14(21)11-17(16)24-18/h2-3,5,7-9,11H,4,6,10,12H2,1H3,(H,22,25)(H,23,24). The van der Waals surface area contributed by atoms with Crippen LogP contribution >= 0.6 is 0 Å². The third-order valence-electron chi connectivity index (χ3n) is 5.15. The first-order valence-electron chi connectivity index (χ1n) is 8.57. The zero-order valence-corrected chi connectivity index (χ0v) is 14.1. The van der Waals surface area contributed by atoms with Crippen molar-refractivity contribution in [1.29, 1.82) is 0 Å². The number of rotatable bonds is 3. The monoisotopic (exact) mass is 337 g/mol. The molecular weight excluding hydrogens is 317 g/mol. The molecule has 1 amide bonds. The van der Waals surface area contributed by atoms with E-state index in [0.29, 0.717) is 23.4 Å². The van der Waals surface area contributed by atoms with Crippen molar-refractivity contribution in [3.63, 3.8) is 0 Å². The molecule has 0 saturated carbocycles. The molecule has 1 aromatic heterocycles. The highest BCUT2D eigenvalue weighted by atomic mass is 19.1. The van der Waals surface area contributed by atoms with Crippen LogP contribution in [0.5, 0.6) is 0 Å². The van der Waals surface area contributed by atoms with E-state index in [1.165, 1.54) is 17.7 Å². The number of aromatic nitrogens is 2. The Morgan fingerprint density at radius 1 is 1.32 bits per heavy atom. The predicted octanol–water partition coefficient (Wildman–Crippen LogP) is 3.61. The molecule has 0 fully saturated rings. The first-order chi connectivity index (χ1) is 12.1. The number of nitrogens with zero attached hydrogens (tertiary/aromatic N) is 1. The summed E-state index contributed by atoms with van der Waals surface area (Å²) in [6, 6.07) is 12.6. The van der Waals surface area contributed by atoms with Gasteiger partial charge in [-0.2, -0.15) is 0 Å². The summed E-state index contributed by atoms with van der Waals surface area (Å²) in [5, 5.41) is 3.00. The summed E-state index contributed by atoms with van der Waals surface area (Å²) in [7, 11) is 0. The van der Waals surface area contributed by atoms with Crippen LogP contribution in [0.25, 0.3) is 11.0 Å². The number of halogens is 1. The molecule has 1 heterocycles. The normalized spacial score (nSPS) is 19.6. The second-order valence-corrected chi connectivity index (χ2v) is 6.87. The molecule has 3 aromatic rings. The van der Waals surface area contributed by atoms with Gasteiger partial charge >= 0.3 is 0 Å². The highest BCUT2D eigenvalue weighted by Gasteiger charge is 2.38. The van der Waals surface area contributed by atoms with Crippen molar-refractivity contribution in [3.05, 3.63) is 65.2 Å². The smallest absolute Gasteiger partial charge is 0.230 e. The maximum atomic E-state index is 13.3. The summed E-state index contributed by atoms with van der Waals surface area (Å²) < 4.78 is 13.3. The molecule has 0 spiro atoms. The number of carbonyl (C=O) groups excluding carboxylic acids is 1. The van der Waals surface area contributed by atoms with Gasteiger partial charge in [-0.15, -0.1) is 0 Å². The van der Waals surface area contributed by atoms with E-state index in [0.717, 1.165) is 24.8 Å². The van der Waals surface area contributed by atoms with E-state index < -0.39 is 5.41 Å². The number of aromatic amines is 1. The lowest BCUT2D eigenvalue weighted by Crippen LogP contribution is -2.44. The molecule has 0 bridgehead atoms. The Bertz CT molecular complexity index is 949. The molecule has 5 heteroatoms. The van der Waals surface area contributed by atoms with Gasteiger partial charge in [-0.1, -0.05) is 24.3 Å². The molecule has 0 radical (unpaired) electrons. The maximum Gasteiger partial charge on any atom is 0.230 e. The number of amides is 1. The first-order valence-corrected chi connectivity index (χ1v) is 8.57. The van der Waals surface area contributed by atoms with Crippen LogP contribution in [-0.2, 0) is 23.2 Å². The van der Waals surface area contributed by atoms with Crippen molar-refractivity contribution in [2.24, 2.45) is 0 Å². The van der Waals surface area contributed by atoms with Crippen LogP contribution in [0.15, 0.2) is 42.5 Å². The van der Waals surface area contributed by atoms with Gasteiger partial charge in [0.15, 0.2) is 0 Å². The summed E-state index contributed by atoms with van der Waals surface area (Å²) in [4.78, 5) is 20.4. The Morgan fingerprint density at radius 3 is 3.04 bits per heavy atom. The van der Waals surface area contributed by atoms with Crippen LogP contribution in [0, 0.1) is 5.82 Å². The lowest BCUT2D eigenvalue weighted by Gasteiger charge is -2.34. The molecule has 128 valence electrons. The highest BCUT2D eigenvalue weighted by molar-refractivity contribution is 5.88. The van der Waals surface area contributed by atoms with E-state index in [2.05, 4.69) is 27.4 Å². The van der Waals surface area contributed by atoms with Gasteiger partial charge in [0.1, 0.15) is 11.6 Å². The van der Waals surface area contributed by atoms with Crippen LogP contribution in [0.4, 0.5) is 4.39 Å². The molecule has 1 atom stereocenters. The third-order valence-corrected chi connectivity index (χ3v) is 5.15. The zero-order valence-electron chi connectivity index (χ0n) is 14.1. The number of hydrogen-bond donors (Lipinski definition) is 2. The Morgan fingerprint density at radius 2 is 2.16 bits per heavy atom. The van der Waals surface area contributed by atoms with Crippen molar-refractivity contribution < 1.29 is 9.18 Å². The maximum absolute atomic E-state index is 13.3. The number of nitrogens with one attached hydrogen (secondary N) is 2. The van der Waals surface area contributed by atoms with E-state index in [9.17, 15) is 9.18 Å². The molecule has 1 aliphatic carbocycles. The first kappa shape index (κ1) is 15.8. The van der Waals surface area contributed by atoms with Crippen LogP contribution < -0.4 is 5.32 Å². The SMILES string of the molecule is CC1(C(=O)NCc2nc3ccc(F)cc3[nH]2)CCCc2ccccc21. The fourth-order valence-corrected chi connectivity index (χ4v) is 3.76. The van der Waals surface area contributed by atoms with Crippen LogP contribution in [0.2, 0.25) is 0 Å². The van der Waals surface area contributed by atoms with Gasteiger partial charge in [-0.25, -0.2) is 9.37 Å². The number of carbonyl (C=O) groups is 1. The minimum atomic E-state index is -0.521. The predicted molar refractivity (Wildman–Crippen MR) is 94.6 cm³/mol. The Balaban J connectivity index is 1.54. The summed E-state index contributed by atoms with van der Waals surface area (Å²) in [6.45, 7) is 2.31. The molecule has 4 nitrogen and oxygen atoms in total. The quantitative estimate of drug-likeness (QED) is 0.767. The van der Waals surface area contributed by atoms with E-state index in [1.807, 2.05) is 19.1 Å². The fraction of sp³-hybridized carbons (Fsp3) is 0.300. The van der Waals surface area contributed by atoms with Gasteiger partial charge in [-0.3, -0.25) is 4.79 Å². The van der Waals surface area contributed by atoms with E-state index >= 15 is 0 Å². The summed E-state index contributed by atoms with van der Waals surface area (Å²) in [6.07, 6.45) is 2.86. The third kappa shape index (κ3) is 2.80. The molecular formula is C20H20FN3O. The average molecular weight is 337 g/mol. The summed E-state index contributed by atoms with van der Waals surface area (Å²) >= 11 is 0. The molecule has 1 unspecified atom stereocenters. The van der Waals surface area contributed by atoms with Crippen molar-refractivity contribution >= 4 is 16.9 Å². The molecule has 0 saturated heterocycles. The van der Waals surface area contributed by atoms with Gasteiger partial charge < -0.3 is 10.3 Å². The zero-order chi connectivity index (χ0) is 17.4. The minimum Gasteiger partial charge on any atom is -0.348 e. The highest BCUT2D eigenvalue weighted by Crippen LogP contribution is 2.37. The number of H-pyrrole nitrogens is 1. The van der Waals surface area contributed by atoms with Crippen molar-refractivity contribution in [1.82, 2.24) is 15.3 Å². The number of fused-ring (bicyclic) bond motifs is 2. The Hall–Kier alpha value is -2.69. The van der Waals surface area contributed by atoms with Crippen LogP contribution in [-0.4, -0.2) is 15.9 Å². The molecule has 2 N–H and O–H groups in total. The topological polar surface area (TPSA) is 57.8 Å². The van der Waals surface area contributed by atoms with Gasteiger partial charge in [0, 0.05) is 0 Å². The Labute approximate surface area is 145 Å².